The van der Waals surface area contributed by atoms with Crippen LogP contribution in [0.4, 0.5) is 11.4 Å². The number of nitrogens with one attached hydrogen (secondary N) is 1. The highest BCUT2D eigenvalue weighted by Gasteiger charge is 2.12. The van der Waals surface area contributed by atoms with Crippen LogP contribution in [0.25, 0.3) is 22.6 Å². The Morgan fingerprint density at radius 3 is 2.50 bits per heavy atom. The van der Waals surface area contributed by atoms with Gasteiger partial charge in [0.1, 0.15) is 5.52 Å². The van der Waals surface area contributed by atoms with Gasteiger partial charge in [0.2, 0.25) is 5.89 Å². The molecule has 4 aromatic rings. The zero-order valence-electron chi connectivity index (χ0n) is 16.9. The first-order valence-corrected chi connectivity index (χ1v) is 10.3. The number of halogens is 1. The summed E-state index contributed by atoms with van der Waals surface area (Å²) in [5.74, 6) is 0.321. The topological polar surface area (TPSA) is 58.4 Å². The van der Waals surface area contributed by atoms with E-state index in [1.165, 1.54) is 5.69 Å². The van der Waals surface area contributed by atoms with Crippen molar-refractivity contribution >= 4 is 40.0 Å². The van der Waals surface area contributed by atoms with Gasteiger partial charge in [-0.2, -0.15) is 0 Å². The molecule has 0 saturated carbocycles. The maximum absolute atomic E-state index is 12.4. The van der Waals surface area contributed by atoms with Crippen molar-refractivity contribution in [1.29, 1.82) is 0 Å². The molecule has 0 saturated heterocycles. The van der Waals surface area contributed by atoms with Crippen LogP contribution in [0.3, 0.4) is 0 Å². The van der Waals surface area contributed by atoms with Crippen LogP contribution >= 0.6 is 11.6 Å². The van der Waals surface area contributed by atoms with Crippen LogP contribution in [0.15, 0.2) is 71.1 Å². The van der Waals surface area contributed by atoms with E-state index in [-0.39, 0.29) is 5.91 Å². The zero-order chi connectivity index (χ0) is 21.1. The minimum atomic E-state index is -0.229. The Bertz CT molecular complexity index is 1180. The second kappa shape index (κ2) is 8.59. The molecule has 1 amide bonds. The molecule has 0 radical (unpaired) electrons. The summed E-state index contributed by atoms with van der Waals surface area (Å²) >= 11 is 5.97. The van der Waals surface area contributed by atoms with Gasteiger partial charge in [-0.3, -0.25) is 4.79 Å². The van der Waals surface area contributed by atoms with Crippen molar-refractivity contribution in [2.75, 3.05) is 23.3 Å². The van der Waals surface area contributed by atoms with Crippen LogP contribution in [-0.4, -0.2) is 24.0 Å². The number of fused-ring (bicyclic) bond motifs is 1. The van der Waals surface area contributed by atoms with Gasteiger partial charge in [0.25, 0.3) is 5.91 Å². The van der Waals surface area contributed by atoms with Gasteiger partial charge in [-0.25, -0.2) is 4.98 Å². The summed E-state index contributed by atoms with van der Waals surface area (Å²) in [7, 11) is 0. The smallest absolute Gasteiger partial charge is 0.255 e. The number of oxazole rings is 1. The van der Waals surface area contributed by atoms with Crippen LogP contribution in [0, 0.1) is 0 Å². The first-order valence-electron chi connectivity index (χ1n) is 9.90. The standard InChI is InChI=1S/C24H22ClN3O2/c1-3-28(4-2)20-11-8-16(9-12-20)24-27-21-15-19(10-13-22(21)30-24)26-23(29)17-6-5-7-18(25)14-17/h5-15H,3-4H2,1-2H3,(H,26,29). The van der Waals surface area contributed by atoms with Crippen molar-refractivity contribution in [3.8, 4) is 11.5 Å². The molecule has 4 rings (SSSR count). The summed E-state index contributed by atoms with van der Waals surface area (Å²) < 4.78 is 5.91. The van der Waals surface area contributed by atoms with Gasteiger partial charge in [-0.15, -0.1) is 0 Å². The highest BCUT2D eigenvalue weighted by Crippen LogP contribution is 2.28. The van der Waals surface area contributed by atoms with E-state index in [9.17, 15) is 4.79 Å². The van der Waals surface area contributed by atoms with Crippen LogP contribution < -0.4 is 10.2 Å². The SMILES string of the molecule is CCN(CC)c1ccc(-c2nc3cc(NC(=O)c4cccc(Cl)c4)ccc3o2)cc1. The van der Waals surface area contributed by atoms with Crippen LogP contribution in [0.5, 0.6) is 0 Å². The predicted octanol–water partition coefficient (Wildman–Crippen LogP) is 6.25. The Kier molecular flexibility index (Phi) is 5.72. The number of amides is 1. The fourth-order valence-corrected chi connectivity index (χ4v) is 3.56. The minimum absolute atomic E-state index is 0.229. The van der Waals surface area contributed by atoms with E-state index in [2.05, 4.69) is 41.2 Å². The number of aromatic nitrogens is 1. The molecular formula is C24H22ClN3O2. The molecule has 0 unspecified atom stereocenters. The molecule has 30 heavy (non-hydrogen) atoms. The second-order valence-electron chi connectivity index (χ2n) is 6.89. The molecule has 5 nitrogen and oxygen atoms in total. The molecule has 1 heterocycles. The normalized spacial score (nSPS) is 10.9. The molecule has 0 atom stereocenters. The highest BCUT2D eigenvalue weighted by atomic mass is 35.5. The lowest BCUT2D eigenvalue weighted by atomic mass is 10.2. The Hall–Kier alpha value is -3.31. The number of carbonyl (C=O) groups excluding carboxylic acids is 1. The molecule has 0 aliphatic carbocycles. The molecule has 0 fully saturated rings. The number of nitrogens with zero attached hydrogens (tertiary/aromatic N) is 2. The van der Waals surface area contributed by atoms with E-state index in [0.717, 1.165) is 18.7 Å². The molecule has 0 spiro atoms. The van der Waals surface area contributed by atoms with Gasteiger partial charge in [0, 0.05) is 40.6 Å². The Balaban J connectivity index is 1.56. The average Bonchev–Trinajstić information content (AvgIpc) is 3.18. The summed E-state index contributed by atoms with van der Waals surface area (Å²) in [4.78, 5) is 19.3. The largest absolute Gasteiger partial charge is 0.436 e. The van der Waals surface area contributed by atoms with Crippen molar-refractivity contribution < 1.29 is 9.21 Å². The van der Waals surface area contributed by atoms with E-state index in [4.69, 9.17) is 16.0 Å². The summed E-state index contributed by atoms with van der Waals surface area (Å²) in [6.45, 7) is 6.20. The van der Waals surface area contributed by atoms with Gasteiger partial charge in [0.15, 0.2) is 5.58 Å². The lowest BCUT2D eigenvalue weighted by molar-refractivity contribution is 0.102. The molecule has 1 aromatic heterocycles. The molecule has 0 bridgehead atoms. The van der Waals surface area contributed by atoms with Crippen LogP contribution in [0.1, 0.15) is 24.2 Å². The second-order valence-corrected chi connectivity index (χ2v) is 7.32. The molecule has 3 aromatic carbocycles. The minimum Gasteiger partial charge on any atom is -0.436 e. The molecule has 6 heteroatoms. The Labute approximate surface area is 180 Å². The molecule has 1 N–H and O–H groups in total. The van der Waals surface area contributed by atoms with Crippen molar-refractivity contribution in [2.24, 2.45) is 0 Å². The number of anilines is 2. The van der Waals surface area contributed by atoms with Gasteiger partial charge < -0.3 is 14.6 Å². The third kappa shape index (κ3) is 4.16. The Morgan fingerprint density at radius 1 is 1.03 bits per heavy atom. The van der Waals surface area contributed by atoms with Crippen molar-refractivity contribution in [3.05, 3.63) is 77.3 Å². The van der Waals surface area contributed by atoms with Gasteiger partial charge in [-0.05, 0) is 74.5 Å². The molecule has 0 aliphatic heterocycles. The lowest BCUT2D eigenvalue weighted by Crippen LogP contribution is -2.21. The number of rotatable bonds is 6. The first kappa shape index (κ1) is 20.0. The van der Waals surface area contributed by atoms with Crippen molar-refractivity contribution in [3.63, 3.8) is 0 Å². The molecule has 0 aliphatic rings. The fraction of sp³-hybridized carbons (Fsp3) is 0.167. The average molecular weight is 420 g/mol. The van der Waals surface area contributed by atoms with E-state index < -0.39 is 0 Å². The summed E-state index contributed by atoms with van der Waals surface area (Å²) in [5, 5.41) is 3.39. The van der Waals surface area contributed by atoms with Crippen molar-refractivity contribution in [1.82, 2.24) is 4.98 Å². The summed E-state index contributed by atoms with van der Waals surface area (Å²) in [6.07, 6.45) is 0. The third-order valence-electron chi connectivity index (χ3n) is 4.98. The molecule has 152 valence electrons. The quantitative estimate of drug-likeness (QED) is 0.401. The van der Waals surface area contributed by atoms with Crippen LogP contribution in [-0.2, 0) is 0 Å². The van der Waals surface area contributed by atoms with E-state index in [0.29, 0.717) is 33.3 Å². The van der Waals surface area contributed by atoms with Gasteiger partial charge in [0.05, 0.1) is 0 Å². The predicted molar refractivity (Wildman–Crippen MR) is 122 cm³/mol. The highest BCUT2D eigenvalue weighted by molar-refractivity contribution is 6.31. The number of hydrogen-bond donors (Lipinski definition) is 1. The van der Waals surface area contributed by atoms with Crippen LogP contribution in [0.2, 0.25) is 5.02 Å². The fourth-order valence-electron chi connectivity index (χ4n) is 3.37. The number of carbonyl (C=O) groups is 1. The van der Waals surface area contributed by atoms with Gasteiger partial charge in [-0.1, -0.05) is 17.7 Å². The maximum Gasteiger partial charge on any atom is 0.255 e. The monoisotopic (exact) mass is 419 g/mol. The molecular weight excluding hydrogens is 398 g/mol. The zero-order valence-corrected chi connectivity index (χ0v) is 17.6. The van der Waals surface area contributed by atoms with E-state index >= 15 is 0 Å². The number of hydrogen-bond acceptors (Lipinski definition) is 4. The lowest BCUT2D eigenvalue weighted by Gasteiger charge is -2.20. The maximum atomic E-state index is 12.4. The summed E-state index contributed by atoms with van der Waals surface area (Å²) in [5.41, 5.74) is 4.57. The van der Waals surface area contributed by atoms with Crippen molar-refractivity contribution in [2.45, 2.75) is 13.8 Å². The van der Waals surface area contributed by atoms with Gasteiger partial charge >= 0.3 is 0 Å². The summed E-state index contributed by atoms with van der Waals surface area (Å²) in [6, 6.07) is 20.4. The van der Waals surface area contributed by atoms with E-state index in [1.54, 1.807) is 36.4 Å². The van der Waals surface area contributed by atoms with E-state index in [1.807, 2.05) is 18.2 Å². The Morgan fingerprint density at radius 2 is 1.80 bits per heavy atom. The first-order chi connectivity index (χ1) is 14.6. The number of benzene rings is 3. The third-order valence-corrected chi connectivity index (χ3v) is 5.21.